The van der Waals surface area contributed by atoms with E-state index in [2.05, 4.69) is 5.32 Å². The minimum Gasteiger partial charge on any atom is -0.377 e. The van der Waals surface area contributed by atoms with E-state index in [1.165, 1.54) is 6.07 Å². The van der Waals surface area contributed by atoms with Gasteiger partial charge in [0.05, 0.1) is 6.04 Å². The minimum atomic E-state index is -0.377. The summed E-state index contributed by atoms with van der Waals surface area (Å²) in [5.74, 6) is -0.377. The summed E-state index contributed by atoms with van der Waals surface area (Å²) < 4.78 is 13.9. The van der Waals surface area contributed by atoms with E-state index in [1.54, 1.807) is 24.3 Å². The van der Waals surface area contributed by atoms with Crippen molar-refractivity contribution in [3.8, 4) is 0 Å². The molecule has 0 bridgehead atoms. The summed E-state index contributed by atoms with van der Waals surface area (Å²) >= 11 is 11.6. The average Bonchev–Trinajstić information content (AvgIpc) is 2.37. The molecule has 0 aliphatic carbocycles. The highest BCUT2D eigenvalue weighted by Crippen LogP contribution is 2.25. The Balaban J connectivity index is 2.25. The van der Waals surface area contributed by atoms with Crippen LogP contribution in [0.25, 0.3) is 0 Å². The van der Waals surface area contributed by atoms with Crippen molar-refractivity contribution in [3.63, 3.8) is 0 Å². The molecule has 2 aromatic carbocycles. The van der Waals surface area contributed by atoms with Crippen LogP contribution in [0.5, 0.6) is 0 Å². The van der Waals surface area contributed by atoms with Gasteiger partial charge in [0.1, 0.15) is 5.82 Å². The van der Waals surface area contributed by atoms with Crippen LogP contribution < -0.4 is 11.1 Å². The molecule has 3 N–H and O–H groups in total. The molecule has 2 rings (SSSR count). The zero-order valence-electron chi connectivity index (χ0n) is 10.0. The van der Waals surface area contributed by atoms with Crippen LogP contribution in [0.3, 0.4) is 0 Å². The van der Waals surface area contributed by atoms with Crippen LogP contribution >= 0.6 is 23.2 Å². The number of hydrogen-bond acceptors (Lipinski definition) is 2. The Morgan fingerprint density at radius 3 is 2.47 bits per heavy atom. The Morgan fingerprint density at radius 1 is 1.11 bits per heavy atom. The molecule has 0 aliphatic heterocycles. The Bertz CT molecular complexity index is 575. The van der Waals surface area contributed by atoms with E-state index < -0.39 is 0 Å². The molecule has 5 heteroatoms. The van der Waals surface area contributed by atoms with E-state index in [4.69, 9.17) is 28.9 Å². The second-order valence-electron chi connectivity index (χ2n) is 4.11. The lowest BCUT2D eigenvalue weighted by atomic mass is 10.1. The first-order chi connectivity index (χ1) is 9.10. The van der Waals surface area contributed by atoms with Crippen LogP contribution in [-0.4, -0.2) is 6.54 Å². The average molecular weight is 299 g/mol. The van der Waals surface area contributed by atoms with Gasteiger partial charge >= 0.3 is 0 Å². The van der Waals surface area contributed by atoms with E-state index >= 15 is 0 Å². The summed E-state index contributed by atoms with van der Waals surface area (Å²) in [6.45, 7) is 0.255. The normalized spacial score (nSPS) is 12.2. The molecule has 1 atom stereocenters. The fourth-order valence-electron chi connectivity index (χ4n) is 1.83. The molecule has 0 saturated carbocycles. The maximum atomic E-state index is 13.9. The lowest BCUT2D eigenvalue weighted by molar-refractivity contribution is 0.593. The van der Waals surface area contributed by atoms with E-state index in [0.29, 0.717) is 15.6 Å². The summed E-state index contributed by atoms with van der Waals surface area (Å²) in [6, 6.07) is 11.4. The third-order valence-corrected chi connectivity index (χ3v) is 3.21. The van der Waals surface area contributed by atoms with Crippen LogP contribution in [0.15, 0.2) is 42.5 Å². The Hall–Kier alpha value is -1.29. The number of hydrogen-bond donors (Lipinski definition) is 2. The molecule has 2 aromatic rings. The lowest BCUT2D eigenvalue weighted by Gasteiger charge is -2.19. The summed E-state index contributed by atoms with van der Waals surface area (Å²) in [7, 11) is 0. The molecule has 100 valence electrons. The molecule has 0 spiro atoms. The van der Waals surface area contributed by atoms with Crippen LogP contribution in [0, 0.1) is 5.82 Å². The van der Waals surface area contributed by atoms with Gasteiger partial charge in [-0.2, -0.15) is 0 Å². The van der Waals surface area contributed by atoms with E-state index in [0.717, 1.165) is 5.69 Å². The Kier molecular flexibility index (Phi) is 4.64. The predicted molar refractivity (Wildman–Crippen MR) is 78.3 cm³/mol. The Labute approximate surface area is 121 Å². The van der Waals surface area contributed by atoms with Crippen molar-refractivity contribution in [2.75, 3.05) is 11.9 Å². The van der Waals surface area contributed by atoms with Gasteiger partial charge in [-0.15, -0.1) is 0 Å². The van der Waals surface area contributed by atoms with Crippen molar-refractivity contribution in [2.45, 2.75) is 6.04 Å². The smallest absolute Gasteiger partial charge is 0.130 e. The van der Waals surface area contributed by atoms with Gasteiger partial charge in [-0.05, 0) is 30.3 Å². The van der Waals surface area contributed by atoms with Crippen molar-refractivity contribution < 1.29 is 4.39 Å². The third-order valence-electron chi connectivity index (χ3n) is 2.74. The van der Waals surface area contributed by atoms with Crippen molar-refractivity contribution >= 4 is 28.9 Å². The standard InChI is InChI=1S/C14H13Cl2FN2/c15-9-2-1-3-11(6-9)19-14(8-18)12-5-4-10(16)7-13(12)17/h1-7,14,19H,8,18H2. The van der Waals surface area contributed by atoms with Crippen LogP contribution in [0.1, 0.15) is 11.6 Å². The van der Waals surface area contributed by atoms with Gasteiger partial charge in [0.15, 0.2) is 0 Å². The second-order valence-corrected chi connectivity index (χ2v) is 4.98. The number of nitrogens with two attached hydrogens (primary N) is 1. The maximum Gasteiger partial charge on any atom is 0.130 e. The first kappa shape index (κ1) is 14.1. The lowest BCUT2D eigenvalue weighted by Crippen LogP contribution is -2.21. The van der Waals surface area contributed by atoms with Crippen LogP contribution in [0.2, 0.25) is 10.0 Å². The molecule has 1 unspecified atom stereocenters. The zero-order chi connectivity index (χ0) is 13.8. The van der Waals surface area contributed by atoms with E-state index in [-0.39, 0.29) is 18.4 Å². The molecular weight excluding hydrogens is 286 g/mol. The topological polar surface area (TPSA) is 38.0 Å². The van der Waals surface area contributed by atoms with Crippen LogP contribution in [0.4, 0.5) is 10.1 Å². The van der Waals surface area contributed by atoms with Gasteiger partial charge in [0.2, 0.25) is 0 Å². The van der Waals surface area contributed by atoms with Crippen molar-refractivity contribution in [3.05, 3.63) is 63.9 Å². The fourth-order valence-corrected chi connectivity index (χ4v) is 2.18. The molecule has 0 aliphatic rings. The SMILES string of the molecule is NCC(Nc1cccc(Cl)c1)c1ccc(Cl)cc1F. The van der Waals surface area contributed by atoms with Crippen molar-refractivity contribution in [1.82, 2.24) is 0 Å². The highest BCUT2D eigenvalue weighted by molar-refractivity contribution is 6.31. The quantitative estimate of drug-likeness (QED) is 0.886. The van der Waals surface area contributed by atoms with Gasteiger partial charge in [-0.3, -0.25) is 0 Å². The van der Waals surface area contributed by atoms with Crippen molar-refractivity contribution in [1.29, 1.82) is 0 Å². The van der Waals surface area contributed by atoms with E-state index in [1.807, 2.05) is 12.1 Å². The zero-order valence-corrected chi connectivity index (χ0v) is 11.5. The molecule has 0 heterocycles. The molecule has 0 saturated heterocycles. The molecule has 19 heavy (non-hydrogen) atoms. The maximum absolute atomic E-state index is 13.9. The van der Waals surface area contributed by atoms with Gasteiger partial charge in [0.25, 0.3) is 0 Å². The predicted octanol–water partition coefficient (Wildman–Crippen LogP) is 4.24. The number of benzene rings is 2. The Morgan fingerprint density at radius 2 is 1.84 bits per heavy atom. The number of rotatable bonds is 4. The third kappa shape index (κ3) is 3.60. The summed E-state index contributed by atoms with van der Waals surface area (Å²) in [5, 5.41) is 4.12. The fraction of sp³-hybridized carbons (Fsp3) is 0.143. The van der Waals surface area contributed by atoms with Gasteiger partial charge in [0, 0.05) is 27.8 Å². The molecule has 2 nitrogen and oxygen atoms in total. The second kappa shape index (κ2) is 6.24. The van der Waals surface area contributed by atoms with Gasteiger partial charge in [-0.1, -0.05) is 35.3 Å². The van der Waals surface area contributed by atoms with Crippen molar-refractivity contribution in [2.24, 2.45) is 5.73 Å². The van der Waals surface area contributed by atoms with Gasteiger partial charge < -0.3 is 11.1 Å². The highest BCUT2D eigenvalue weighted by atomic mass is 35.5. The molecular formula is C14H13Cl2FN2. The minimum absolute atomic E-state index is 0.255. The number of anilines is 1. The summed E-state index contributed by atoms with van der Waals surface area (Å²) in [4.78, 5) is 0. The summed E-state index contributed by atoms with van der Waals surface area (Å²) in [5.41, 5.74) is 6.97. The number of nitrogens with one attached hydrogen (secondary N) is 1. The van der Waals surface area contributed by atoms with E-state index in [9.17, 15) is 4.39 Å². The first-order valence-corrected chi connectivity index (χ1v) is 6.53. The molecule has 0 radical (unpaired) electrons. The first-order valence-electron chi connectivity index (χ1n) is 5.77. The van der Waals surface area contributed by atoms with Crippen LogP contribution in [-0.2, 0) is 0 Å². The summed E-state index contributed by atoms with van der Waals surface area (Å²) in [6.07, 6.45) is 0. The van der Waals surface area contributed by atoms with Gasteiger partial charge in [-0.25, -0.2) is 4.39 Å². The largest absolute Gasteiger partial charge is 0.377 e. The molecule has 0 amide bonds. The molecule has 0 aromatic heterocycles. The highest BCUT2D eigenvalue weighted by Gasteiger charge is 2.14. The number of halogens is 3. The molecule has 0 fully saturated rings. The monoisotopic (exact) mass is 298 g/mol.